The van der Waals surface area contributed by atoms with Crippen LogP contribution in [0, 0.1) is 0 Å². The molecule has 1 amide bonds. The van der Waals surface area contributed by atoms with Gasteiger partial charge < -0.3 is 14.5 Å². The topological polar surface area (TPSA) is 45.7 Å². The number of pyridine rings is 1. The van der Waals surface area contributed by atoms with Gasteiger partial charge in [-0.15, -0.1) is 0 Å². The maximum atomic E-state index is 12.6. The van der Waals surface area contributed by atoms with Crippen LogP contribution in [0.3, 0.4) is 0 Å². The van der Waals surface area contributed by atoms with Crippen LogP contribution < -0.4 is 4.90 Å². The van der Waals surface area contributed by atoms with Crippen molar-refractivity contribution in [3.8, 4) is 0 Å². The zero-order valence-electron chi connectivity index (χ0n) is 12.0. The van der Waals surface area contributed by atoms with Crippen LogP contribution in [0.5, 0.6) is 0 Å². The maximum absolute atomic E-state index is 12.6. The molecule has 0 N–H and O–H groups in total. The van der Waals surface area contributed by atoms with Gasteiger partial charge in [-0.1, -0.05) is 0 Å². The first-order valence-electron chi connectivity index (χ1n) is 6.54. The third kappa shape index (κ3) is 2.87. The zero-order valence-corrected chi connectivity index (χ0v) is 12.0. The van der Waals surface area contributed by atoms with E-state index in [1.54, 1.807) is 6.20 Å². The zero-order chi connectivity index (χ0) is 14.0. The molecule has 2 rings (SSSR count). The average Bonchev–Trinajstić information content (AvgIpc) is 2.38. The number of rotatable bonds is 2. The molecule has 5 nitrogen and oxygen atoms in total. The Labute approximate surface area is 114 Å². The van der Waals surface area contributed by atoms with Gasteiger partial charge in [-0.2, -0.15) is 0 Å². The molecule has 0 spiro atoms. The van der Waals surface area contributed by atoms with Crippen LogP contribution in [0.2, 0.25) is 0 Å². The predicted octanol–water partition coefficient (Wildman–Crippen LogP) is 1.40. The van der Waals surface area contributed by atoms with Gasteiger partial charge in [0.05, 0.1) is 25.3 Å². The van der Waals surface area contributed by atoms with E-state index < -0.39 is 0 Å². The number of morpholine rings is 1. The summed E-state index contributed by atoms with van der Waals surface area (Å²) in [5.41, 5.74) is 1.47. The number of anilines is 1. The Kier molecular flexibility index (Phi) is 4.04. The van der Waals surface area contributed by atoms with Gasteiger partial charge in [-0.3, -0.25) is 9.78 Å². The molecule has 0 unspecified atom stereocenters. The SMILES string of the molecule is C[C@H]1COC[C@H](C)N1C(=O)c1cc(N(C)C)ccn1. The molecule has 1 fully saturated rings. The number of ether oxygens (including phenoxy) is 1. The summed E-state index contributed by atoms with van der Waals surface area (Å²) >= 11 is 0. The summed E-state index contributed by atoms with van der Waals surface area (Å²) in [5, 5.41) is 0. The highest BCUT2D eigenvalue weighted by Gasteiger charge is 2.31. The number of amides is 1. The summed E-state index contributed by atoms with van der Waals surface area (Å²) < 4.78 is 5.45. The van der Waals surface area contributed by atoms with Gasteiger partial charge in [-0.25, -0.2) is 0 Å². The highest BCUT2D eigenvalue weighted by molar-refractivity contribution is 5.93. The van der Waals surface area contributed by atoms with Gasteiger partial charge in [0.1, 0.15) is 5.69 Å². The van der Waals surface area contributed by atoms with Crippen LogP contribution in [0.15, 0.2) is 18.3 Å². The van der Waals surface area contributed by atoms with Gasteiger partial charge in [-0.05, 0) is 26.0 Å². The Morgan fingerprint density at radius 1 is 1.37 bits per heavy atom. The van der Waals surface area contributed by atoms with Gasteiger partial charge in [0.25, 0.3) is 5.91 Å². The van der Waals surface area contributed by atoms with Gasteiger partial charge in [0, 0.05) is 26.0 Å². The first-order valence-corrected chi connectivity index (χ1v) is 6.54. The van der Waals surface area contributed by atoms with Crippen molar-refractivity contribution in [3.63, 3.8) is 0 Å². The molecule has 1 saturated heterocycles. The lowest BCUT2D eigenvalue weighted by Gasteiger charge is -2.38. The Morgan fingerprint density at radius 2 is 2.00 bits per heavy atom. The highest BCUT2D eigenvalue weighted by Crippen LogP contribution is 2.18. The molecule has 0 bridgehead atoms. The Hall–Kier alpha value is -1.62. The number of hydrogen-bond donors (Lipinski definition) is 0. The summed E-state index contributed by atoms with van der Waals surface area (Å²) in [7, 11) is 3.90. The van der Waals surface area contributed by atoms with Crippen molar-refractivity contribution in [1.29, 1.82) is 0 Å². The molecule has 2 heterocycles. The normalized spacial score (nSPS) is 23.3. The molecule has 0 aliphatic carbocycles. The number of carbonyl (C=O) groups is 1. The average molecular weight is 263 g/mol. The van der Waals surface area contributed by atoms with Crippen LogP contribution >= 0.6 is 0 Å². The fraction of sp³-hybridized carbons (Fsp3) is 0.571. The Bertz CT molecular complexity index is 452. The molecule has 1 aliphatic heterocycles. The molecule has 1 aliphatic rings. The largest absolute Gasteiger partial charge is 0.378 e. The van der Waals surface area contributed by atoms with E-state index in [9.17, 15) is 4.79 Å². The van der Waals surface area contributed by atoms with Crippen molar-refractivity contribution in [1.82, 2.24) is 9.88 Å². The molecule has 5 heteroatoms. The summed E-state index contributed by atoms with van der Waals surface area (Å²) in [6.45, 7) is 5.18. The van der Waals surface area contributed by atoms with Gasteiger partial charge in [0.15, 0.2) is 0 Å². The van der Waals surface area contributed by atoms with E-state index in [1.807, 2.05) is 49.9 Å². The smallest absolute Gasteiger partial charge is 0.273 e. The van der Waals surface area contributed by atoms with Gasteiger partial charge >= 0.3 is 0 Å². The number of carbonyl (C=O) groups excluding carboxylic acids is 1. The third-order valence-corrected chi connectivity index (χ3v) is 3.38. The summed E-state index contributed by atoms with van der Waals surface area (Å²) in [6, 6.07) is 3.89. The molecule has 1 aromatic rings. The van der Waals surface area contributed by atoms with Crippen molar-refractivity contribution >= 4 is 11.6 Å². The van der Waals surface area contributed by atoms with E-state index in [0.717, 1.165) is 5.69 Å². The van der Waals surface area contributed by atoms with E-state index in [0.29, 0.717) is 18.9 Å². The molecular weight excluding hydrogens is 242 g/mol. The van der Waals surface area contributed by atoms with Crippen LogP contribution in [-0.4, -0.2) is 55.2 Å². The molecule has 2 atom stereocenters. The third-order valence-electron chi connectivity index (χ3n) is 3.38. The lowest BCUT2D eigenvalue weighted by atomic mass is 10.1. The van der Waals surface area contributed by atoms with E-state index in [2.05, 4.69) is 4.98 Å². The minimum Gasteiger partial charge on any atom is -0.378 e. The van der Waals surface area contributed by atoms with Crippen molar-refractivity contribution in [2.75, 3.05) is 32.2 Å². The molecule has 0 radical (unpaired) electrons. The summed E-state index contributed by atoms with van der Waals surface area (Å²) in [4.78, 5) is 20.6. The quantitative estimate of drug-likeness (QED) is 0.809. The van der Waals surface area contributed by atoms with E-state index >= 15 is 0 Å². The lowest BCUT2D eigenvalue weighted by Crippen LogP contribution is -2.52. The molecular formula is C14H21N3O2. The predicted molar refractivity (Wildman–Crippen MR) is 74.5 cm³/mol. The van der Waals surface area contributed by atoms with E-state index in [-0.39, 0.29) is 18.0 Å². The molecule has 0 aromatic carbocycles. The minimum atomic E-state index is -0.0213. The van der Waals surface area contributed by atoms with Crippen molar-refractivity contribution in [2.24, 2.45) is 0 Å². The van der Waals surface area contributed by atoms with Crippen LogP contribution in [0.25, 0.3) is 0 Å². The molecule has 19 heavy (non-hydrogen) atoms. The monoisotopic (exact) mass is 263 g/mol. The Morgan fingerprint density at radius 3 is 2.58 bits per heavy atom. The number of nitrogens with zero attached hydrogens (tertiary/aromatic N) is 3. The second-order valence-electron chi connectivity index (χ2n) is 5.24. The minimum absolute atomic E-state index is 0.0213. The fourth-order valence-electron chi connectivity index (χ4n) is 2.35. The number of hydrogen-bond acceptors (Lipinski definition) is 4. The maximum Gasteiger partial charge on any atom is 0.273 e. The van der Waals surface area contributed by atoms with Gasteiger partial charge in [0.2, 0.25) is 0 Å². The first-order chi connectivity index (χ1) is 9.00. The number of aromatic nitrogens is 1. The highest BCUT2D eigenvalue weighted by atomic mass is 16.5. The Balaban J connectivity index is 2.25. The molecule has 104 valence electrons. The second-order valence-corrected chi connectivity index (χ2v) is 5.24. The molecule has 1 aromatic heterocycles. The summed E-state index contributed by atoms with van der Waals surface area (Å²) in [6.07, 6.45) is 1.68. The first kappa shape index (κ1) is 13.8. The van der Waals surface area contributed by atoms with E-state index in [1.165, 1.54) is 0 Å². The standard InChI is InChI=1S/C14H21N3O2/c1-10-8-19-9-11(2)17(10)14(18)13-7-12(16(3)4)5-6-15-13/h5-7,10-11H,8-9H2,1-4H3/t10-,11-/m0/s1. The van der Waals surface area contributed by atoms with Crippen molar-refractivity contribution in [3.05, 3.63) is 24.0 Å². The van der Waals surface area contributed by atoms with Crippen LogP contribution in [0.4, 0.5) is 5.69 Å². The second kappa shape index (κ2) is 5.57. The van der Waals surface area contributed by atoms with Crippen molar-refractivity contribution in [2.45, 2.75) is 25.9 Å². The van der Waals surface area contributed by atoms with Crippen LogP contribution in [-0.2, 0) is 4.74 Å². The van der Waals surface area contributed by atoms with E-state index in [4.69, 9.17) is 4.74 Å². The fourth-order valence-corrected chi connectivity index (χ4v) is 2.35. The van der Waals surface area contributed by atoms with Crippen LogP contribution in [0.1, 0.15) is 24.3 Å². The molecule has 0 saturated carbocycles. The van der Waals surface area contributed by atoms with Crippen molar-refractivity contribution < 1.29 is 9.53 Å². The summed E-state index contributed by atoms with van der Waals surface area (Å²) in [5.74, 6) is -0.0213. The lowest BCUT2D eigenvalue weighted by molar-refractivity contribution is -0.0252.